The van der Waals surface area contributed by atoms with E-state index in [1.165, 1.54) is 0 Å². The quantitative estimate of drug-likeness (QED) is 0.851. The Kier molecular flexibility index (Phi) is 4.04. The van der Waals surface area contributed by atoms with Crippen LogP contribution in [0.15, 0.2) is 36.5 Å². The van der Waals surface area contributed by atoms with Gasteiger partial charge in [0.05, 0.1) is 11.1 Å². The molecule has 0 atom stereocenters. The van der Waals surface area contributed by atoms with E-state index in [2.05, 4.69) is 4.98 Å². The number of aromatic nitrogens is 1. The Bertz CT molecular complexity index is 701. The Morgan fingerprint density at radius 1 is 1.05 bits per heavy atom. The zero-order valence-electron chi connectivity index (χ0n) is 12.7. The normalized spacial score (nSPS) is 15.1. The number of piperazine rings is 1. The summed E-state index contributed by atoms with van der Waals surface area (Å²) >= 11 is 0. The van der Waals surface area contributed by atoms with Crippen molar-refractivity contribution in [3.8, 4) is 0 Å². The number of carbonyl (C=O) groups is 2. The lowest BCUT2D eigenvalue weighted by atomic mass is 10.1. The van der Waals surface area contributed by atoms with Crippen molar-refractivity contribution < 1.29 is 9.59 Å². The molecule has 1 fully saturated rings. The van der Waals surface area contributed by atoms with Gasteiger partial charge >= 0.3 is 0 Å². The van der Waals surface area contributed by atoms with Crippen LogP contribution in [0.5, 0.6) is 0 Å². The van der Waals surface area contributed by atoms with Gasteiger partial charge in [-0.05, 0) is 12.1 Å². The summed E-state index contributed by atoms with van der Waals surface area (Å²) in [5.74, 6) is 0.170. The van der Waals surface area contributed by atoms with Crippen LogP contribution < -0.4 is 0 Å². The smallest absolute Gasteiger partial charge is 0.254 e. The first kappa shape index (κ1) is 14.5. The molecule has 1 aromatic carbocycles. The van der Waals surface area contributed by atoms with Crippen molar-refractivity contribution in [3.63, 3.8) is 0 Å². The fourth-order valence-corrected chi connectivity index (χ4v) is 2.84. The highest BCUT2D eigenvalue weighted by Crippen LogP contribution is 2.18. The molecule has 1 saturated heterocycles. The average Bonchev–Trinajstić information content (AvgIpc) is 2.60. The molecule has 2 amide bonds. The first-order valence-corrected chi connectivity index (χ1v) is 7.61. The van der Waals surface area contributed by atoms with Crippen molar-refractivity contribution in [2.45, 2.75) is 13.3 Å². The van der Waals surface area contributed by atoms with Gasteiger partial charge in [0.15, 0.2) is 0 Å². The molecule has 0 saturated carbocycles. The third-order valence-corrected chi connectivity index (χ3v) is 4.10. The Morgan fingerprint density at radius 3 is 2.45 bits per heavy atom. The van der Waals surface area contributed by atoms with Crippen molar-refractivity contribution >= 4 is 22.7 Å². The van der Waals surface area contributed by atoms with E-state index in [1.54, 1.807) is 12.3 Å². The lowest BCUT2D eigenvalue weighted by Gasteiger charge is -2.34. The summed E-state index contributed by atoms with van der Waals surface area (Å²) < 4.78 is 0. The minimum Gasteiger partial charge on any atom is -0.339 e. The highest BCUT2D eigenvalue weighted by molar-refractivity contribution is 6.06. The molecule has 1 aliphatic rings. The minimum atomic E-state index is 0.0159. The van der Waals surface area contributed by atoms with Crippen LogP contribution >= 0.6 is 0 Å². The number of benzene rings is 1. The molecule has 22 heavy (non-hydrogen) atoms. The van der Waals surface area contributed by atoms with Gasteiger partial charge in [0.2, 0.25) is 5.91 Å². The second kappa shape index (κ2) is 6.13. The number of para-hydroxylation sites is 1. The highest BCUT2D eigenvalue weighted by Gasteiger charge is 2.24. The number of pyridine rings is 1. The van der Waals surface area contributed by atoms with Crippen LogP contribution in [0.4, 0.5) is 0 Å². The Hall–Kier alpha value is -2.43. The number of carbonyl (C=O) groups excluding carboxylic acids is 2. The molecule has 3 rings (SSSR count). The standard InChI is InChI=1S/C17H19N3O2/c1-2-16(21)19-9-11-20(12-10-19)17(22)14-7-8-18-15-6-4-3-5-13(14)15/h3-8H,2,9-12H2,1H3. The van der Waals surface area contributed by atoms with E-state index in [0.717, 1.165) is 10.9 Å². The van der Waals surface area contributed by atoms with Gasteiger partial charge in [0.25, 0.3) is 5.91 Å². The number of hydrogen-bond donors (Lipinski definition) is 0. The highest BCUT2D eigenvalue weighted by atomic mass is 16.2. The lowest BCUT2D eigenvalue weighted by Crippen LogP contribution is -2.50. The fraction of sp³-hybridized carbons (Fsp3) is 0.353. The van der Waals surface area contributed by atoms with E-state index in [9.17, 15) is 9.59 Å². The van der Waals surface area contributed by atoms with Crippen molar-refractivity contribution in [1.82, 2.24) is 14.8 Å². The van der Waals surface area contributed by atoms with Gasteiger partial charge in [-0.1, -0.05) is 25.1 Å². The molecule has 0 unspecified atom stereocenters. The van der Waals surface area contributed by atoms with Gasteiger partial charge in [-0.15, -0.1) is 0 Å². The van der Waals surface area contributed by atoms with Gasteiger partial charge in [-0.2, -0.15) is 0 Å². The van der Waals surface area contributed by atoms with Crippen LogP contribution in [0.25, 0.3) is 10.9 Å². The fourth-order valence-electron chi connectivity index (χ4n) is 2.84. The van der Waals surface area contributed by atoms with Gasteiger partial charge < -0.3 is 9.80 Å². The number of fused-ring (bicyclic) bond motifs is 1. The molecule has 0 aliphatic carbocycles. The predicted octanol–water partition coefficient (Wildman–Crippen LogP) is 1.93. The summed E-state index contributed by atoms with van der Waals surface area (Å²) in [6.07, 6.45) is 2.19. The molecule has 0 N–H and O–H groups in total. The van der Waals surface area contributed by atoms with E-state index >= 15 is 0 Å². The second-order valence-electron chi connectivity index (χ2n) is 5.40. The minimum absolute atomic E-state index is 0.0159. The number of nitrogens with zero attached hydrogens (tertiary/aromatic N) is 3. The molecular formula is C17H19N3O2. The molecule has 2 aromatic rings. The Morgan fingerprint density at radius 2 is 1.73 bits per heavy atom. The van der Waals surface area contributed by atoms with Crippen molar-refractivity contribution in [1.29, 1.82) is 0 Å². The Balaban J connectivity index is 1.78. The number of hydrogen-bond acceptors (Lipinski definition) is 3. The van der Waals surface area contributed by atoms with Gasteiger partial charge in [0, 0.05) is 44.2 Å². The maximum absolute atomic E-state index is 12.8. The van der Waals surface area contributed by atoms with E-state index in [0.29, 0.717) is 38.2 Å². The van der Waals surface area contributed by atoms with E-state index in [4.69, 9.17) is 0 Å². The third-order valence-electron chi connectivity index (χ3n) is 4.10. The second-order valence-corrected chi connectivity index (χ2v) is 5.40. The molecule has 0 bridgehead atoms. The molecule has 1 aromatic heterocycles. The van der Waals surface area contributed by atoms with Crippen LogP contribution in [0.2, 0.25) is 0 Å². The topological polar surface area (TPSA) is 53.5 Å². The zero-order valence-corrected chi connectivity index (χ0v) is 12.7. The summed E-state index contributed by atoms with van der Waals surface area (Å²) in [5.41, 5.74) is 1.51. The van der Waals surface area contributed by atoms with Gasteiger partial charge in [-0.25, -0.2) is 0 Å². The van der Waals surface area contributed by atoms with Crippen LogP contribution in [0, 0.1) is 0 Å². The van der Waals surface area contributed by atoms with Gasteiger partial charge in [0.1, 0.15) is 0 Å². The van der Waals surface area contributed by atoms with Crippen LogP contribution in [-0.2, 0) is 4.79 Å². The maximum Gasteiger partial charge on any atom is 0.254 e. The Labute approximate surface area is 129 Å². The molecule has 5 nitrogen and oxygen atoms in total. The van der Waals surface area contributed by atoms with E-state index in [1.807, 2.05) is 41.0 Å². The monoisotopic (exact) mass is 297 g/mol. The van der Waals surface area contributed by atoms with Crippen LogP contribution in [0.1, 0.15) is 23.7 Å². The summed E-state index contributed by atoms with van der Waals surface area (Å²) in [6, 6.07) is 9.43. The third kappa shape index (κ3) is 2.66. The SMILES string of the molecule is CCC(=O)N1CCN(C(=O)c2ccnc3ccccc23)CC1. The zero-order chi connectivity index (χ0) is 15.5. The molecule has 0 spiro atoms. The predicted molar refractivity (Wildman–Crippen MR) is 84.5 cm³/mol. The average molecular weight is 297 g/mol. The molecule has 114 valence electrons. The van der Waals surface area contributed by atoms with Crippen molar-refractivity contribution in [2.24, 2.45) is 0 Å². The van der Waals surface area contributed by atoms with E-state index in [-0.39, 0.29) is 11.8 Å². The summed E-state index contributed by atoms with van der Waals surface area (Å²) in [6.45, 7) is 4.26. The summed E-state index contributed by atoms with van der Waals surface area (Å²) in [7, 11) is 0. The molecule has 0 radical (unpaired) electrons. The molecule has 1 aliphatic heterocycles. The van der Waals surface area contributed by atoms with Crippen LogP contribution in [0.3, 0.4) is 0 Å². The van der Waals surface area contributed by atoms with Crippen molar-refractivity contribution in [2.75, 3.05) is 26.2 Å². The summed E-state index contributed by atoms with van der Waals surface area (Å²) in [4.78, 5) is 32.4. The van der Waals surface area contributed by atoms with Crippen LogP contribution in [-0.4, -0.2) is 52.8 Å². The number of rotatable bonds is 2. The first-order valence-electron chi connectivity index (χ1n) is 7.61. The summed E-state index contributed by atoms with van der Waals surface area (Å²) in [5, 5.41) is 0.877. The van der Waals surface area contributed by atoms with E-state index < -0.39 is 0 Å². The van der Waals surface area contributed by atoms with Crippen molar-refractivity contribution in [3.05, 3.63) is 42.1 Å². The lowest BCUT2D eigenvalue weighted by molar-refractivity contribution is -0.132. The van der Waals surface area contributed by atoms with Gasteiger partial charge in [-0.3, -0.25) is 14.6 Å². The molecular weight excluding hydrogens is 278 g/mol. The maximum atomic E-state index is 12.8. The first-order chi connectivity index (χ1) is 10.7. The number of amides is 2. The molecule has 5 heteroatoms. The largest absolute Gasteiger partial charge is 0.339 e. The molecule has 2 heterocycles.